The third-order valence-corrected chi connectivity index (χ3v) is 0.663. The average molecular weight is 143 g/mol. The van der Waals surface area contributed by atoms with E-state index in [1.807, 2.05) is 0 Å². The van der Waals surface area contributed by atoms with Crippen molar-refractivity contribution in [2.75, 3.05) is 6.79 Å². The lowest BCUT2D eigenvalue weighted by atomic mass is 11.6. The van der Waals surface area contributed by atoms with E-state index < -0.39 is 14.6 Å². The molecule has 0 aliphatic heterocycles. The van der Waals surface area contributed by atoms with Crippen LogP contribution in [0.1, 0.15) is 7.43 Å². The molecule has 0 spiro atoms. The van der Waals surface area contributed by atoms with Gasteiger partial charge in [-0.25, -0.2) is 0 Å². The van der Waals surface area contributed by atoms with Gasteiger partial charge in [-0.2, -0.15) is 0 Å². The second-order valence-corrected chi connectivity index (χ2v) is 1.92. The summed E-state index contributed by atoms with van der Waals surface area (Å²) in [6.45, 7) is -1.02. The van der Waals surface area contributed by atoms with Crippen molar-refractivity contribution in [3.8, 4) is 0 Å². The maximum absolute atomic E-state index is 9.43. The summed E-state index contributed by atoms with van der Waals surface area (Å²) < 4.78 is 12.8. The molecule has 0 saturated carbocycles. The van der Waals surface area contributed by atoms with E-state index in [0.717, 1.165) is 0 Å². The van der Waals surface area contributed by atoms with Gasteiger partial charge in [0.05, 0.1) is 0 Å². The van der Waals surface area contributed by atoms with Crippen molar-refractivity contribution < 1.29 is 24.0 Å². The van der Waals surface area contributed by atoms with Crippen LogP contribution in [0.5, 0.6) is 0 Å². The molecule has 1 atom stereocenters. The molecule has 2 N–H and O–H groups in total. The number of hydrogen-bond donors (Lipinski definition) is 2. The van der Waals surface area contributed by atoms with Gasteiger partial charge in [-0.1, -0.05) is 7.43 Å². The third-order valence-electron chi connectivity index (χ3n) is 0.221. The average Bonchev–Trinajstić information content (AvgIpc) is 1.30. The predicted octanol–water partition coefficient (Wildman–Crippen LogP) is -0.950. The number of hydrogen-bond acceptors (Lipinski definition) is 4. The van der Waals surface area contributed by atoms with E-state index in [1.165, 1.54) is 0 Å². The minimum atomic E-state index is -4.67. The maximum atomic E-state index is 9.43. The van der Waals surface area contributed by atoms with Crippen LogP contribution in [-0.4, -0.2) is 16.8 Å². The van der Waals surface area contributed by atoms with Crippen LogP contribution in [0.3, 0.4) is 0 Å². The molecule has 1 unspecified atom stereocenters. The summed E-state index contributed by atoms with van der Waals surface area (Å²) in [5, 5.41) is 7.65. The minimum absolute atomic E-state index is 0. The van der Waals surface area contributed by atoms with E-state index in [2.05, 4.69) is 4.52 Å². The predicted molar refractivity (Wildman–Crippen MR) is 24.7 cm³/mol. The first-order valence-electron chi connectivity index (χ1n) is 1.35. The van der Waals surface area contributed by atoms with Gasteiger partial charge in [0, 0.05) is 0 Å². The van der Waals surface area contributed by atoms with Crippen LogP contribution in [-0.2, 0) is 9.09 Å². The summed E-state index contributed by atoms with van der Waals surface area (Å²) >= 11 is 0. The van der Waals surface area contributed by atoms with Gasteiger partial charge < -0.3 is 14.9 Å². The molecule has 5 nitrogen and oxygen atoms in total. The molecule has 0 aromatic rings. The second kappa shape index (κ2) is 4.00. The van der Waals surface area contributed by atoms with Gasteiger partial charge in [-0.3, -0.25) is 9.09 Å². The fraction of sp³-hybridized carbons (Fsp3) is 1.00. The zero-order valence-corrected chi connectivity index (χ0v) is 4.17. The summed E-state index contributed by atoms with van der Waals surface area (Å²) in [6, 6.07) is 0. The quantitative estimate of drug-likeness (QED) is 0.384. The van der Waals surface area contributed by atoms with Gasteiger partial charge in [-0.05, 0) is 0 Å². The largest absolute Gasteiger partial charge is 0.756 e. The highest BCUT2D eigenvalue weighted by Gasteiger charge is 1.96. The van der Waals surface area contributed by atoms with Gasteiger partial charge in [-0.15, -0.1) is 0 Å². The fourth-order valence-corrected chi connectivity index (χ4v) is 0.219. The van der Waals surface area contributed by atoms with Gasteiger partial charge >= 0.3 is 0 Å². The van der Waals surface area contributed by atoms with Gasteiger partial charge in [0.1, 0.15) is 0 Å². The molecule has 0 aliphatic rings. The summed E-state index contributed by atoms with van der Waals surface area (Å²) in [5.41, 5.74) is 0. The molecular weight excluding hydrogens is 135 g/mol. The summed E-state index contributed by atoms with van der Waals surface area (Å²) in [7, 11) is -4.67. The van der Waals surface area contributed by atoms with E-state index in [-0.39, 0.29) is 7.43 Å². The van der Waals surface area contributed by atoms with Crippen LogP contribution in [0, 0.1) is 0 Å². The molecule has 0 bridgehead atoms. The Morgan fingerprint density at radius 3 is 2.12 bits per heavy atom. The Morgan fingerprint density at radius 2 is 2.12 bits per heavy atom. The van der Waals surface area contributed by atoms with E-state index in [9.17, 15) is 9.46 Å². The maximum Gasteiger partial charge on any atom is 0.267 e. The zero-order valence-electron chi connectivity index (χ0n) is 3.27. The van der Waals surface area contributed by atoms with Crippen molar-refractivity contribution in [3.05, 3.63) is 0 Å². The highest BCUT2D eigenvalue weighted by molar-refractivity contribution is 7.44. The molecule has 0 rings (SSSR count). The normalized spacial score (nSPS) is 16.4. The molecule has 0 heterocycles. The summed E-state index contributed by atoms with van der Waals surface area (Å²) in [6.07, 6.45) is 0. The molecule has 52 valence electrons. The van der Waals surface area contributed by atoms with E-state index >= 15 is 0 Å². The molecule has 0 amide bonds. The van der Waals surface area contributed by atoms with Crippen molar-refractivity contribution in [1.82, 2.24) is 0 Å². The topological polar surface area (TPSA) is 89.8 Å². The Bertz CT molecular complexity index is 84.4. The van der Waals surface area contributed by atoms with Crippen molar-refractivity contribution in [2.24, 2.45) is 0 Å². The Morgan fingerprint density at radius 1 is 1.75 bits per heavy atom. The van der Waals surface area contributed by atoms with Crippen LogP contribution in [0.15, 0.2) is 0 Å². The Balaban J connectivity index is 0. The molecule has 0 aliphatic carbocycles. The van der Waals surface area contributed by atoms with Crippen LogP contribution >= 0.6 is 7.82 Å². The van der Waals surface area contributed by atoms with Crippen LogP contribution < -0.4 is 4.89 Å². The van der Waals surface area contributed by atoms with E-state index in [0.29, 0.717) is 0 Å². The molecule has 0 fully saturated rings. The third kappa shape index (κ3) is 9.42. The Labute approximate surface area is 47.2 Å². The first kappa shape index (κ1) is 10.9. The van der Waals surface area contributed by atoms with Gasteiger partial charge in [0.2, 0.25) is 0 Å². The highest BCUT2D eigenvalue weighted by atomic mass is 31.2. The Hall–Kier alpha value is 0.0700. The number of phosphoric ester groups is 1. The highest BCUT2D eigenvalue weighted by Crippen LogP contribution is 2.28. The van der Waals surface area contributed by atoms with Crippen LogP contribution in [0.2, 0.25) is 0 Å². The van der Waals surface area contributed by atoms with Gasteiger partial charge in [0.25, 0.3) is 7.82 Å². The molecule has 0 saturated heterocycles. The van der Waals surface area contributed by atoms with E-state index in [4.69, 9.17) is 10.00 Å². The lowest BCUT2D eigenvalue weighted by Crippen LogP contribution is -2.03. The van der Waals surface area contributed by atoms with Crippen molar-refractivity contribution in [3.63, 3.8) is 0 Å². The number of aliphatic hydroxyl groups excluding tert-OH is 1. The molecule has 0 aromatic heterocycles. The monoisotopic (exact) mass is 143 g/mol. The van der Waals surface area contributed by atoms with Crippen molar-refractivity contribution in [1.29, 1.82) is 0 Å². The van der Waals surface area contributed by atoms with Crippen LogP contribution in [0.25, 0.3) is 0 Å². The second-order valence-electron chi connectivity index (χ2n) is 0.727. The van der Waals surface area contributed by atoms with Gasteiger partial charge in [0.15, 0.2) is 6.79 Å². The lowest BCUT2D eigenvalue weighted by Gasteiger charge is -2.11. The summed E-state index contributed by atoms with van der Waals surface area (Å²) in [5.74, 6) is 0. The number of aliphatic hydroxyl groups is 1. The first-order valence-corrected chi connectivity index (χ1v) is 2.85. The molecular formula is C2H8O5P-. The lowest BCUT2D eigenvalue weighted by molar-refractivity contribution is -0.225. The van der Waals surface area contributed by atoms with Crippen molar-refractivity contribution >= 4 is 7.82 Å². The molecule has 0 radical (unpaired) electrons. The zero-order chi connectivity index (χ0) is 5.91. The summed E-state index contributed by atoms with van der Waals surface area (Å²) in [4.78, 5) is 17.1. The molecule has 6 heteroatoms. The number of rotatable bonds is 2. The molecule has 0 aromatic carbocycles. The number of phosphoric acid groups is 1. The SMILES string of the molecule is C.O=P([O-])(O)OCO. The molecule has 8 heavy (non-hydrogen) atoms. The first-order chi connectivity index (χ1) is 3.06. The fourth-order valence-electron chi connectivity index (χ4n) is 0.0730. The minimum Gasteiger partial charge on any atom is -0.756 e. The smallest absolute Gasteiger partial charge is 0.267 e. The van der Waals surface area contributed by atoms with E-state index in [1.54, 1.807) is 0 Å². The van der Waals surface area contributed by atoms with Crippen molar-refractivity contribution in [2.45, 2.75) is 7.43 Å². The van der Waals surface area contributed by atoms with Crippen LogP contribution in [0.4, 0.5) is 0 Å². The standard InChI is InChI=1S/CH5O5P.CH4/c2-1-6-7(3,4)5;/h2H,1H2,(H2,3,4,5);1H4/p-1. The Kier molecular flexibility index (Phi) is 5.47.